The second-order valence-electron chi connectivity index (χ2n) is 12.9. The second-order valence-corrected chi connectivity index (χ2v) is 12.9. The number of hydrogen-bond donors (Lipinski definition) is 2. The summed E-state index contributed by atoms with van der Waals surface area (Å²) in [5.41, 5.74) is 0.124. The van der Waals surface area contributed by atoms with Crippen molar-refractivity contribution in [2.75, 3.05) is 40.3 Å². The SMILES string of the molecule is CN(C)C1(c2ccccc2)CCC2(CC1)CN(CC(C)(C)N1CCCC1=O)C(O)N2CC1(O)CCC1. The fourth-order valence-electron chi connectivity index (χ4n) is 7.63. The second kappa shape index (κ2) is 9.35. The van der Waals surface area contributed by atoms with Gasteiger partial charge in [-0.15, -0.1) is 0 Å². The molecule has 1 spiro atoms. The van der Waals surface area contributed by atoms with E-state index in [-0.39, 0.29) is 22.5 Å². The molecule has 1 unspecified atom stereocenters. The molecule has 2 saturated heterocycles. The molecule has 7 nitrogen and oxygen atoms in total. The molecule has 200 valence electrons. The van der Waals surface area contributed by atoms with Crippen LogP contribution in [0.4, 0.5) is 0 Å². The van der Waals surface area contributed by atoms with E-state index >= 15 is 0 Å². The largest absolute Gasteiger partial charge is 0.389 e. The van der Waals surface area contributed by atoms with Gasteiger partial charge in [0, 0.05) is 43.7 Å². The van der Waals surface area contributed by atoms with Gasteiger partial charge in [-0.2, -0.15) is 0 Å². The van der Waals surface area contributed by atoms with Crippen molar-refractivity contribution < 1.29 is 15.0 Å². The van der Waals surface area contributed by atoms with Gasteiger partial charge in [-0.05, 0) is 84.9 Å². The summed E-state index contributed by atoms with van der Waals surface area (Å²) in [6.45, 7) is 6.99. The van der Waals surface area contributed by atoms with Gasteiger partial charge in [0.1, 0.15) is 0 Å². The molecule has 2 saturated carbocycles. The van der Waals surface area contributed by atoms with Gasteiger partial charge in [0.05, 0.1) is 11.1 Å². The molecule has 5 rings (SSSR count). The van der Waals surface area contributed by atoms with Gasteiger partial charge >= 0.3 is 0 Å². The Bertz CT molecular complexity index is 937. The highest BCUT2D eigenvalue weighted by Gasteiger charge is 2.57. The molecule has 2 heterocycles. The molecule has 4 aliphatic rings. The zero-order valence-corrected chi connectivity index (χ0v) is 22.7. The number of hydrogen-bond acceptors (Lipinski definition) is 6. The summed E-state index contributed by atoms with van der Waals surface area (Å²) in [5.74, 6) is 0.223. The Balaban J connectivity index is 1.40. The van der Waals surface area contributed by atoms with Gasteiger partial charge in [-0.1, -0.05) is 30.3 Å². The van der Waals surface area contributed by atoms with Crippen LogP contribution < -0.4 is 0 Å². The van der Waals surface area contributed by atoms with Gasteiger partial charge < -0.3 is 15.1 Å². The van der Waals surface area contributed by atoms with Crippen LogP contribution >= 0.6 is 0 Å². The monoisotopic (exact) mass is 498 g/mol. The highest BCUT2D eigenvalue weighted by atomic mass is 16.3. The van der Waals surface area contributed by atoms with Crippen LogP contribution in [0.15, 0.2) is 30.3 Å². The van der Waals surface area contributed by atoms with E-state index in [1.54, 1.807) is 0 Å². The summed E-state index contributed by atoms with van der Waals surface area (Å²) in [4.78, 5) is 21.3. The number of nitrogens with zero attached hydrogens (tertiary/aromatic N) is 4. The van der Waals surface area contributed by atoms with E-state index in [2.05, 4.69) is 73.0 Å². The van der Waals surface area contributed by atoms with Gasteiger partial charge in [-0.3, -0.25) is 19.5 Å². The van der Waals surface area contributed by atoms with E-state index in [1.165, 1.54) is 5.56 Å². The lowest BCUT2D eigenvalue weighted by Crippen LogP contribution is -2.60. The number of likely N-dealkylation sites (tertiary alicyclic amines) is 1. The van der Waals surface area contributed by atoms with Crippen LogP contribution in [0.2, 0.25) is 0 Å². The lowest BCUT2D eigenvalue weighted by Gasteiger charge is -2.53. The van der Waals surface area contributed by atoms with Crippen LogP contribution in [0, 0.1) is 0 Å². The summed E-state index contributed by atoms with van der Waals surface area (Å²) in [6, 6.07) is 10.8. The van der Waals surface area contributed by atoms with E-state index in [0.717, 1.165) is 64.5 Å². The number of amides is 1. The summed E-state index contributed by atoms with van der Waals surface area (Å²) < 4.78 is 0. The summed E-state index contributed by atoms with van der Waals surface area (Å²) in [5, 5.41) is 22.9. The number of aliphatic hydroxyl groups is 2. The van der Waals surface area contributed by atoms with Crippen LogP contribution in [-0.2, 0) is 10.3 Å². The fourth-order valence-corrected chi connectivity index (χ4v) is 7.63. The first-order valence-corrected chi connectivity index (χ1v) is 14.0. The van der Waals surface area contributed by atoms with E-state index < -0.39 is 12.0 Å². The zero-order chi connectivity index (χ0) is 25.8. The molecule has 1 aromatic rings. The van der Waals surface area contributed by atoms with Gasteiger partial charge in [0.2, 0.25) is 5.91 Å². The van der Waals surface area contributed by atoms with Crippen molar-refractivity contribution in [2.24, 2.45) is 0 Å². The van der Waals surface area contributed by atoms with E-state index in [4.69, 9.17) is 0 Å². The maximum atomic E-state index is 12.5. The standard InChI is InChI=1S/C29H46N4O3/c1-26(2,32-19-8-12-24(32)34)20-31-21-27(33(25(31)35)22-28(36)13-9-14-28)15-17-29(18-16-27,30(3)4)23-10-6-5-7-11-23/h5-7,10-11,25,35-36H,8-9,12-22H2,1-4H3. The third-order valence-electron chi connectivity index (χ3n) is 10.0. The first-order valence-electron chi connectivity index (χ1n) is 14.0. The molecule has 2 N–H and O–H groups in total. The summed E-state index contributed by atoms with van der Waals surface area (Å²) in [6.07, 6.45) is 7.42. The Morgan fingerprint density at radius 2 is 1.69 bits per heavy atom. The number of β-amino-alcohol motifs (C(OH)–C–C–N with tert-alkyl or cyclic N) is 1. The predicted molar refractivity (Wildman–Crippen MR) is 141 cm³/mol. The topological polar surface area (TPSA) is 70.5 Å². The maximum absolute atomic E-state index is 12.5. The van der Waals surface area contributed by atoms with E-state index in [0.29, 0.717) is 19.5 Å². The molecular weight excluding hydrogens is 452 g/mol. The van der Waals surface area contributed by atoms with Crippen molar-refractivity contribution >= 4 is 5.91 Å². The molecule has 2 aliphatic carbocycles. The van der Waals surface area contributed by atoms with E-state index in [9.17, 15) is 15.0 Å². The Labute approximate surface area is 217 Å². The Morgan fingerprint density at radius 1 is 1.03 bits per heavy atom. The number of aliphatic hydroxyl groups excluding tert-OH is 1. The highest BCUT2D eigenvalue weighted by molar-refractivity contribution is 5.78. The minimum atomic E-state index is -0.741. The van der Waals surface area contributed by atoms with Crippen molar-refractivity contribution in [3.8, 4) is 0 Å². The number of carbonyl (C=O) groups excluding carboxylic acids is 1. The Morgan fingerprint density at radius 3 is 2.22 bits per heavy atom. The third kappa shape index (κ3) is 4.41. The molecule has 7 heteroatoms. The van der Waals surface area contributed by atoms with Crippen molar-refractivity contribution in [1.82, 2.24) is 19.6 Å². The quantitative estimate of drug-likeness (QED) is 0.602. The van der Waals surface area contributed by atoms with Crippen molar-refractivity contribution in [3.63, 3.8) is 0 Å². The molecule has 1 amide bonds. The van der Waals surface area contributed by atoms with Gasteiger partial charge in [0.25, 0.3) is 0 Å². The molecule has 2 aliphatic heterocycles. The Kier molecular flexibility index (Phi) is 6.78. The van der Waals surface area contributed by atoms with Crippen LogP contribution in [0.5, 0.6) is 0 Å². The van der Waals surface area contributed by atoms with Crippen molar-refractivity contribution in [1.29, 1.82) is 0 Å². The first kappa shape index (κ1) is 26.1. The van der Waals surface area contributed by atoms with Crippen molar-refractivity contribution in [2.45, 2.75) is 100 Å². The molecule has 36 heavy (non-hydrogen) atoms. The maximum Gasteiger partial charge on any atom is 0.223 e. The highest BCUT2D eigenvalue weighted by Crippen LogP contribution is 2.50. The van der Waals surface area contributed by atoms with Crippen LogP contribution in [0.25, 0.3) is 0 Å². The lowest BCUT2D eigenvalue weighted by molar-refractivity contribution is -0.149. The summed E-state index contributed by atoms with van der Waals surface area (Å²) >= 11 is 0. The fraction of sp³-hybridized carbons (Fsp3) is 0.759. The number of carbonyl (C=O) groups is 1. The van der Waals surface area contributed by atoms with E-state index in [1.807, 2.05) is 4.90 Å². The average Bonchev–Trinajstić information content (AvgIpc) is 3.37. The van der Waals surface area contributed by atoms with Gasteiger partial charge in [-0.25, -0.2) is 0 Å². The lowest BCUT2D eigenvalue weighted by atomic mass is 9.67. The summed E-state index contributed by atoms with van der Waals surface area (Å²) in [7, 11) is 4.37. The third-order valence-corrected chi connectivity index (χ3v) is 10.0. The van der Waals surface area contributed by atoms with Crippen LogP contribution in [0.3, 0.4) is 0 Å². The smallest absolute Gasteiger partial charge is 0.223 e. The molecule has 0 radical (unpaired) electrons. The molecule has 1 atom stereocenters. The number of benzene rings is 1. The minimum Gasteiger partial charge on any atom is -0.389 e. The van der Waals surface area contributed by atoms with Crippen LogP contribution in [0.1, 0.15) is 77.2 Å². The van der Waals surface area contributed by atoms with Gasteiger partial charge in [0.15, 0.2) is 6.35 Å². The molecule has 1 aromatic carbocycles. The molecule has 4 fully saturated rings. The Hall–Kier alpha value is -1.51. The van der Waals surface area contributed by atoms with Crippen molar-refractivity contribution in [3.05, 3.63) is 35.9 Å². The normalized spacial score (nSPS) is 33.6. The first-order chi connectivity index (χ1) is 17.0. The zero-order valence-electron chi connectivity index (χ0n) is 22.7. The predicted octanol–water partition coefficient (Wildman–Crippen LogP) is 2.97. The minimum absolute atomic E-state index is 0.0227. The number of rotatable bonds is 7. The molecular formula is C29H46N4O3. The molecule has 0 aromatic heterocycles. The average molecular weight is 499 g/mol. The van der Waals surface area contributed by atoms with Crippen LogP contribution in [-0.4, -0.2) is 99.0 Å². The molecule has 0 bridgehead atoms.